The summed E-state index contributed by atoms with van der Waals surface area (Å²) in [5.41, 5.74) is -1.90. The van der Waals surface area contributed by atoms with E-state index in [1.54, 1.807) is 4.90 Å². The molecule has 1 aromatic rings. The predicted octanol–water partition coefficient (Wildman–Crippen LogP) is 2.01. The lowest BCUT2D eigenvalue weighted by molar-refractivity contribution is -0.141. The summed E-state index contributed by atoms with van der Waals surface area (Å²) < 4.78 is 39.5. The molecular weight excluding hydrogens is 335 g/mol. The highest BCUT2D eigenvalue weighted by Crippen LogP contribution is 2.31. The zero-order chi connectivity index (χ0) is 17.9. The summed E-state index contributed by atoms with van der Waals surface area (Å²) in [5, 5.41) is 16.8. The highest BCUT2D eigenvalue weighted by atomic mass is 19.4. The van der Waals surface area contributed by atoms with Gasteiger partial charge in [0.05, 0.1) is 5.60 Å². The van der Waals surface area contributed by atoms with E-state index < -0.39 is 17.5 Å². The minimum Gasteiger partial charge on any atom is -0.388 e. The summed E-state index contributed by atoms with van der Waals surface area (Å²) in [4.78, 5) is 9.70. The molecule has 0 bridgehead atoms. The van der Waals surface area contributed by atoms with E-state index in [-0.39, 0.29) is 18.3 Å². The fraction of sp³-hybridized carbons (Fsp3) is 0.750. The Morgan fingerprint density at radius 2 is 1.92 bits per heavy atom. The van der Waals surface area contributed by atoms with Crippen molar-refractivity contribution in [2.75, 3.05) is 42.9 Å². The van der Waals surface area contributed by atoms with Gasteiger partial charge >= 0.3 is 6.18 Å². The number of aromatic nitrogens is 2. The van der Waals surface area contributed by atoms with Crippen LogP contribution in [0.4, 0.5) is 24.9 Å². The smallest absolute Gasteiger partial charge is 0.388 e. The number of aliphatic hydroxyl groups is 1. The molecule has 0 radical (unpaired) electrons. The Morgan fingerprint density at radius 3 is 2.64 bits per heavy atom. The van der Waals surface area contributed by atoms with Crippen LogP contribution in [0.1, 0.15) is 37.8 Å². The first-order valence-corrected chi connectivity index (χ1v) is 8.74. The van der Waals surface area contributed by atoms with Gasteiger partial charge < -0.3 is 20.6 Å². The lowest BCUT2D eigenvalue weighted by atomic mass is 9.95. The molecule has 6 nitrogen and oxygen atoms in total. The Balaban J connectivity index is 1.78. The summed E-state index contributed by atoms with van der Waals surface area (Å²) in [7, 11) is 0. The molecule has 0 saturated carbocycles. The number of nitrogens with one attached hydrogen (secondary N) is 2. The van der Waals surface area contributed by atoms with Crippen molar-refractivity contribution in [3.8, 4) is 0 Å². The Kier molecular flexibility index (Phi) is 5.33. The first-order valence-electron chi connectivity index (χ1n) is 8.74. The van der Waals surface area contributed by atoms with Crippen molar-refractivity contribution in [2.45, 2.75) is 43.9 Å². The molecule has 0 aromatic carbocycles. The van der Waals surface area contributed by atoms with Gasteiger partial charge in [0, 0.05) is 25.7 Å². The van der Waals surface area contributed by atoms with Gasteiger partial charge in [-0.1, -0.05) is 0 Å². The predicted molar refractivity (Wildman–Crippen MR) is 88.6 cm³/mol. The third-order valence-electron chi connectivity index (χ3n) is 4.76. The third-order valence-corrected chi connectivity index (χ3v) is 4.76. The van der Waals surface area contributed by atoms with E-state index in [1.807, 2.05) is 0 Å². The second-order valence-electron chi connectivity index (χ2n) is 6.81. The van der Waals surface area contributed by atoms with Crippen LogP contribution in [-0.2, 0) is 6.18 Å². The molecule has 1 unspecified atom stereocenters. The molecule has 9 heteroatoms. The number of nitrogens with zero attached hydrogens (tertiary/aromatic N) is 3. The van der Waals surface area contributed by atoms with Crippen LogP contribution in [0.3, 0.4) is 0 Å². The van der Waals surface area contributed by atoms with E-state index in [9.17, 15) is 18.3 Å². The van der Waals surface area contributed by atoms with Gasteiger partial charge in [-0.15, -0.1) is 0 Å². The standard InChI is InChI=1S/C16H24F3N5O/c17-16(18,19)12-10-13(23-14(22-12)24-8-1-2-9-24)21-11-15(25)4-3-6-20-7-5-15/h10,20,25H,1-9,11H2,(H,21,22,23). The van der Waals surface area contributed by atoms with Crippen molar-refractivity contribution in [1.82, 2.24) is 15.3 Å². The zero-order valence-electron chi connectivity index (χ0n) is 14.1. The van der Waals surface area contributed by atoms with Crippen molar-refractivity contribution >= 4 is 11.8 Å². The van der Waals surface area contributed by atoms with Gasteiger partial charge in [0.1, 0.15) is 5.82 Å². The molecule has 25 heavy (non-hydrogen) atoms. The lowest BCUT2D eigenvalue weighted by Crippen LogP contribution is -2.38. The topological polar surface area (TPSA) is 73.3 Å². The number of halogens is 3. The molecule has 2 aliphatic rings. The summed E-state index contributed by atoms with van der Waals surface area (Å²) in [6, 6.07) is 0.915. The molecular formula is C16H24F3N5O. The third kappa shape index (κ3) is 4.72. The minimum absolute atomic E-state index is 0.101. The van der Waals surface area contributed by atoms with E-state index in [4.69, 9.17) is 0 Å². The summed E-state index contributed by atoms with van der Waals surface area (Å²) in [5.74, 6) is 0.208. The van der Waals surface area contributed by atoms with Crippen molar-refractivity contribution in [2.24, 2.45) is 0 Å². The van der Waals surface area contributed by atoms with E-state index in [0.29, 0.717) is 32.5 Å². The van der Waals surface area contributed by atoms with Crippen molar-refractivity contribution in [3.05, 3.63) is 11.8 Å². The van der Waals surface area contributed by atoms with Gasteiger partial charge in [0.2, 0.25) is 5.95 Å². The fourth-order valence-corrected chi connectivity index (χ4v) is 3.27. The molecule has 3 rings (SSSR count). The van der Waals surface area contributed by atoms with E-state index in [2.05, 4.69) is 20.6 Å². The molecule has 1 atom stereocenters. The average molecular weight is 359 g/mol. The number of rotatable bonds is 4. The van der Waals surface area contributed by atoms with Crippen LogP contribution in [-0.4, -0.2) is 53.4 Å². The molecule has 2 fully saturated rings. The second kappa shape index (κ2) is 7.33. The highest BCUT2D eigenvalue weighted by Gasteiger charge is 2.35. The molecule has 0 spiro atoms. The first kappa shape index (κ1) is 18.2. The summed E-state index contributed by atoms with van der Waals surface area (Å²) >= 11 is 0. The minimum atomic E-state index is -4.53. The van der Waals surface area contributed by atoms with Crippen LogP contribution in [0.5, 0.6) is 0 Å². The van der Waals surface area contributed by atoms with Gasteiger partial charge in [-0.05, 0) is 45.2 Å². The van der Waals surface area contributed by atoms with E-state index in [0.717, 1.165) is 31.9 Å². The average Bonchev–Trinajstić information content (AvgIpc) is 3.02. The molecule has 3 heterocycles. The SMILES string of the molecule is OC1(CNc2cc(C(F)(F)F)nc(N3CCCC3)n2)CCCNCC1. The largest absolute Gasteiger partial charge is 0.433 e. The van der Waals surface area contributed by atoms with Gasteiger partial charge in [0.25, 0.3) is 0 Å². The van der Waals surface area contributed by atoms with Gasteiger partial charge in [-0.3, -0.25) is 0 Å². The maximum absolute atomic E-state index is 13.2. The van der Waals surface area contributed by atoms with Crippen LogP contribution in [0.25, 0.3) is 0 Å². The van der Waals surface area contributed by atoms with Gasteiger partial charge in [-0.2, -0.15) is 18.2 Å². The second-order valence-corrected chi connectivity index (χ2v) is 6.81. The van der Waals surface area contributed by atoms with E-state index in [1.165, 1.54) is 0 Å². The normalized spacial score (nSPS) is 25.0. The van der Waals surface area contributed by atoms with Gasteiger partial charge in [-0.25, -0.2) is 4.98 Å². The molecule has 1 aromatic heterocycles. The zero-order valence-corrected chi connectivity index (χ0v) is 14.1. The molecule has 140 valence electrons. The Morgan fingerprint density at radius 1 is 1.16 bits per heavy atom. The van der Waals surface area contributed by atoms with Crippen molar-refractivity contribution in [1.29, 1.82) is 0 Å². The highest BCUT2D eigenvalue weighted by molar-refractivity contribution is 5.45. The number of anilines is 2. The quantitative estimate of drug-likeness (QED) is 0.764. The van der Waals surface area contributed by atoms with Crippen LogP contribution in [0, 0.1) is 0 Å². The van der Waals surface area contributed by atoms with Crippen LogP contribution in [0.15, 0.2) is 6.07 Å². The molecule has 3 N–H and O–H groups in total. The Hall–Kier alpha value is -1.61. The summed E-state index contributed by atoms with van der Waals surface area (Å²) in [6.45, 7) is 3.02. The Bertz CT molecular complexity index is 582. The van der Waals surface area contributed by atoms with Crippen molar-refractivity contribution in [3.63, 3.8) is 0 Å². The Labute approximate surface area is 144 Å². The number of hydrogen-bond donors (Lipinski definition) is 3. The lowest BCUT2D eigenvalue weighted by Gasteiger charge is -2.27. The van der Waals surface area contributed by atoms with Gasteiger partial charge in [0.15, 0.2) is 5.69 Å². The molecule has 2 saturated heterocycles. The maximum atomic E-state index is 13.2. The molecule has 0 amide bonds. The molecule has 2 aliphatic heterocycles. The van der Waals surface area contributed by atoms with Crippen LogP contribution < -0.4 is 15.5 Å². The number of hydrogen-bond acceptors (Lipinski definition) is 6. The first-order chi connectivity index (χ1) is 11.9. The summed E-state index contributed by atoms with van der Waals surface area (Å²) in [6.07, 6.45) is -0.699. The van der Waals surface area contributed by atoms with Crippen LogP contribution >= 0.6 is 0 Å². The van der Waals surface area contributed by atoms with Crippen molar-refractivity contribution < 1.29 is 18.3 Å². The van der Waals surface area contributed by atoms with E-state index >= 15 is 0 Å². The van der Waals surface area contributed by atoms with Crippen LogP contribution in [0.2, 0.25) is 0 Å². The molecule has 0 aliphatic carbocycles. The maximum Gasteiger partial charge on any atom is 0.433 e. The monoisotopic (exact) mass is 359 g/mol. The number of alkyl halides is 3. The fourth-order valence-electron chi connectivity index (χ4n) is 3.27.